The lowest BCUT2D eigenvalue weighted by Gasteiger charge is -2.19. The van der Waals surface area contributed by atoms with Gasteiger partial charge in [0.2, 0.25) is 0 Å². The van der Waals surface area contributed by atoms with E-state index in [4.69, 9.17) is 0 Å². The first-order valence-electron chi connectivity index (χ1n) is 5.60. The maximum absolute atomic E-state index is 4.50. The van der Waals surface area contributed by atoms with E-state index in [1.807, 2.05) is 14.0 Å². The molecule has 0 radical (unpaired) electrons. The highest BCUT2D eigenvalue weighted by Crippen LogP contribution is 2.17. The van der Waals surface area contributed by atoms with Crippen molar-refractivity contribution in [3.8, 4) is 0 Å². The number of rotatable bonds is 4. The van der Waals surface area contributed by atoms with E-state index >= 15 is 0 Å². The van der Waals surface area contributed by atoms with Gasteiger partial charge in [0.25, 0.3) is 0 Å². The van der Waals surface area contributed by atoms with Crippen molar-refractivity contribution >= 4 is 0 Å². The second kappa shape index (κ2) is 5.21. The Kier molecular flexibility index (Phi) is 4.21. The summed E-state index contributed by atoms with van der Waals surface area (Å²) in [6, 6.07) is 2.55. The van der Waals surface area contributed by atoms with E-state index in [-0.39, 0.29) is 0 Å². The van der Waals surface area contributed by atoms with Crippen LogP contribution in [0.1, 0.15) is 43.9 Å². The molecule has 0 amide bonds. The molecule has 1 heterocycles. The monoisotopic (exact) mass is 207 g/mol. The Bertz CT molecular complexity index is 323. The number of hydrogen-bond donors (Lipinski definition) is 1. The zero-order chi connectivity index (χ0) is 11.4. The number of aromatic nitrogens is 2. The van der Waals surface area contributed by atoms with Gasteiger partial charge in [0.15, 0.2) is 0 Å². The summed E-state index contributed by atoms with van der Waals surface area (Å²) in [5.41, 5.74) is 2.27. The largest absolute Gasteiger partial charge is 0.317 e. The molecule has 3 nitrogen and oxygen atoms in total. The number of hydrogen-bond acceptors (Lipinski definition) is 3. The van der Waals surface area contributed by atoms with Gasteiger partial charge in [0.1, 0.15) is 5.82 Å². The molecular formula is C12H21N3. The van der Waals surface area contributed by atoms with E-state index in [1.165, 1.54) is 0 Å². The molecular weight excluding hydrogens is 186 g/mol. The molecule has 0 bridgehead atoms. The highest BCUT2D eigenvalue weighted by Gasteiger charge is 2.14. The number of aryl methyl sites for hydroxylation is 2. The fourth-order valence-electron chi connectivity index (χ4n) is 1.58. The Morgan fingerprint density at radius 3 is 2.53 bits per heavy atom. The minimum atomic E-state index is 0.419. The van der Waals surface area contributed by atoms with Gasteiger partial charge >= 0.3 is 0 Å². The van der Waals surface area contributed by atoms with Crippen molar-refractivity contribution in [2.75, 3.05) is 7.05 Å². The molecule has 84 valence electrons. The summed E-state index contributed by atoms with van der Waals surface area (Å²) in [7, 11) is 1.98. The SMILES string of the molecule is CCc1cc(C(C)C(C)NC)nc(C)n1. The Morgan fingerprint density at radius 1 is 1.33 bits per heavy atom. The third-order valence-electron chi connectivity index (χ3n) is 2.94. The fraction of sp³-hybridized carbons (Fsp3) is 0.667. The van der Waals surface area contributed by atoms with Crippen molar-refractivity contribution in [3.05, 3.63) is 23.3 Å². The second-order valence-corrected chi connectivity index (χ2v) is 4.05. The van der Waals surface area contributed by atoms with Crippen LogP contribution >= 0.6 is 0 Å². The van der Waals surface area contributed by atoms with Gasteiger partial charge in [0, 0.05) is 23.3 Å². The summed E-state index contributed by atoms with van der Waals surface area (Å²) < 4.78 is 0. The average Bonchev–Trinajstić information content (AvgIpc) is 2.26. The van der Waals surface area contributed by atoms with Crippen LogP contribution in [0, 0.1) is 6.92 Å². The number of nitrogens with one attached hydrogen (secondary N) is 1. The van der Waals surface area contributed by atoms with Gasteiger partial charge in [-0.3, -0.25) is 0 Å². The highest BCUT2D eigenvalue weighted by atomic mass is 14.9. The van der Waals surface area contributed by atoms with Crippen LogP contribution in [0.2, 0.25) is 0 Å². The molecule has 0 spiro atoms. The van der Waals surface area contributed by atoms with Crippen LogP contribution in [0.15, 0.2) is 6.07 Å². The molecule has 0 aromatic carbocycles. The van der Waals surface area contributed by atoms with Crippen molar-refractivity contribution in [2.24, 2.45) is 0 Å². The van der Waals surface area contributed by atoms with Gasteiger partial charge in [-0.25, -0.2) is 9.97 Å². The van der Waals surface area contributed by atoms with E-state index in [9.17, 15) is 0 Å². The van der Waals surface area contributed by atoms with Gasteiger partial charge in [-0.2, -0.15) is 0 Å². The van der Waals surface area contributed by atoms with E-state index in [0.717, 1.165) is 23.6 Å². The molecule has 0 saturated heterocycles. The molecule has 1 aromatic rings. The normalized spacial score (nSPS) is 15.0. The van der Waals surface area contributed by atoms with E-state index in [2.05, 4.69) is 42.1 Å². The minimum Gasteiger partial charge on any atom is -0.317 e. The molecule has 2 atom stereocenters. The molecule has 1 N–H and O–H groups in total. The molecule has 0 aliphatic carbocycles. The summed E-state index contributed by atoms with van der Waals surface area (Å²) >= 11 is 0. The van der Waals surface area contributed by atoms with Crippen LogP contribution in [0.4, 0.5) is 0 Å². The summed E-state index contributed by atoms with van der Waals surface area (Å²) in [6.45, 7) is 8.45. The van der Waals surface area contributed by atoms with Crippen LogP contribution in [-0.4, -0.2) is 23.1 Å². The van der Waals surface area contributed by atoms with Crippen molar-refractivity contribution in [1.82, 2.24) is 15.3 Å². The summed E-state index contributed by atoms with van der Waals surface area (Å²) in [6.07, 6.45) is 0.969. The van der Waals surface area contributed by atoms with Gasteiger partial charge in [-0.15, -0.1) is 0 Å². The lowest BCUT2D eigenvalue weighted by atomic mass is 9.99. The predicted molar refractivity (Wildman–Crippen MR) is 63.1 cm³/mol. The van der Waals surface area contributed by atoms with Crippen molar-refractivity contribution < 1.29 is 0 Å². The smallest absolute Gasteiger partial charge is 0.125 e. The molecule has 0 aliphatic heterocycles. The molecule has 1 rings (SSSR count). The third-order valence-corrected chi connectivity index (χ3v) is 2.94. The number of likely N-dealkylation sites (N-methyl/N-ethyl adjacent to an activating group) is 1. The summed E-state index contributed by atoms with van der Waals surface area (Å²) in [4.78, 5) is 8.89. The predicted octanol–water partition coefficient (Wildman–Crippen LogP) is 2.06. The quantitative estimate of drug-likeness (QED) is 0.821. The summed E-state index contributed by atoms with van der Waals surface area (Å²) in [5.74, 6) is 1.29. The van der Waals surface area contributed by atoms with E-state index in [1.54, 1.807) is 0 Å². The van der Waals surface area contributed by atoms with Crippen molar-refractivity contribution in [1.29, 1.82) is 0 Å². The highest BCUT2D eigenvalue weighted by molar-refractivity contribution is 5.16. The van der Waals surface area contributed by atoms with E-state index < -0.39 is 0 Å². The molecule has 3 heteroatoms. The summed E-state index contributed by atoms with van der Waals surface area (Å²) in [5, 5.41) is 3.26. The topological polar surface area (TPSA) is 37.8 Å². The van der Waals surface area contributed by atoms with Crippen LogP contribution in [0.25, 0.3) is 0 Å². The molecule has 0 fully saturated rings. The van der Waals surface area contributed by atoms with Crippen LogP contribution in [-0.2, 0) is 6.42 Å². The Hall–Kier alpha value is -0.960. The van der Waals surface area contributed by atoms with Crippen LogP contribution < -0.4 is 5.32 Å². The molecule has 15 heavy (non-hydrogen) atoms. The van der Waals surface area contributed by atoms with Crippen molar-refractivity contribution in [3.63, 3.8) is 0 Å². The average molecular weight is 207 g/mol. The first kappa shape index (κ1) is 12.1. The Labute approximate surface area is 92.3 Å². The zero-order valence-electron chi connectivity index (χ0n) is 10.3. The van der Waals surface area contributed by atoms with Gasteiger partial charge < -0.3 is 5.32 Å². The Balaban J connectivity index is 2.97. The van der Waals surface area contributed by atoms with Gasteiger partial charge in [-0.1, -0.05) is 13.8 Å². The van der Waals surface area contributed by atoms with E-state index in [0.29, 0.717) is 12.0 Å². The third kappa shape index (κ3) is 2.99. The molecule has 1 aromatic heterocycles. The van der Waals surface area contributed by atoms with Crippen LogP contribution in [0.5, 0.6) is 0 Å². The fourth-order valence-corrected chi connectivity index (χ4v) is 1.58. The number of nitrogens with zero attached hydrogens (tertiary/aromatic N) is 2. The van der Waals surface area contributed by atoms with Crippen LogP contribution in [0.3, 0.4) is 0 Å². The minimum absolute atomic E-state index is 0.419. The maximum atomic E-state index is 4.50. The van der Waals surface area contributed by atoms with Crippen molar-refractivity contribution in [2.45, 2.75) is 46.1 Å². The molecule has 0 aliphatic rings. The zero-order valence-corrected chi connectivity index (χ0v) is 10.3. The first-order valence-corrected chi connectivity index (χ1v) is 5.60. The lowest BCUT2D eigenvalue weighted by Crippen LogP contribution is -2.28. The lowest BCUT2D eigenvalue weighted by molar-refractivity contribution is 0.512. The second-order valence-electron chi connectivity index (χ2n) is 4.05. The standard InChI is InChI=1S/C12H21N3/c1-6-11-7-12(15-10(4)14-11)8(2)9(3)13-5/h7-9,13H,6H2,1-5H3. The van der Waals surface area contributed by atoms with Gasteiger partial charge in [-0.05, 0) is 33.4 Å². The first-order chi connectivity index (χ1) is 7.08. The molecule has 2 unspecified atom stereocenters. The van der Waals surface area contributed by atoms with Gasteiger partial charge in [0.05, 0.1) is 0 Å². The maximum Gasteiger partial charge on any atom is 0.125 e. The Morgan fingerprint density at radius 2 is 2.00 bits per heavy atom. The molecule has 0 saturated carbocycles.